The number of aliphatic imine (C=N–C) groups is 1. The summed E-state index contributed by atoms with van der Waals surface area (Å²) in [4.78, 5) is 8.56. The van der Waals surface area contributed by atoms with Crippen LogP contribution in [0.3, 0.4) is 0 Å². The largest absolute Gasteiger partial charge is 0.443 e. The van der Waals surface area contributed by atoms with E-state index in [4.69, 9.17) is 4.42 Å². The number of nitrogens with one attached hydrogen (secondary N) is 2. The van der Waals surface area contributed by atoms with Gasteiger partial charge >= 0.3 is 0 Å². The van der Waals surface area contributed by atoms with E-state index in [0.717, 1.165) is 30.4 Å². The molecule has 0 amide bonds. The van der Waals surface area contributed by atoms with Gasteiger partial charge in [-0.05, 0) is 25.8 Å². The Kier molecular flexibility index (Phi) is 8.11. The normalized spacial score (nSPS) is 12.0. The van der Waals surface area contributed by atoms with E-state index in [1.807, 2.05) is 18.7 Å². The molecular formula is C18H31IN6O. The van der Waals surface area contributed by atoms with E-state index < -0.39 is 0 Å². The summed E-state index contributed by atoms with van der Waals surface area (Å²) in [5, 5.41) is 11.0. The van der Waals surface area contributed by atoms with Gasteiger partial charge in [-0.1, -0.05) is 20.8 Å². The van der Waals surface area contributed by atoms with E-state index >= 15 is 0 Å². The van der Waals surface area contributed by atoms with Gasteiger partial charge in [-0.25, -0.2) is 4.98 Å². The minimum atomic E-state index is -0.0371. The highest BCUT2D eigenvalue weighted by atomic mass is 127. The van der Waals surface area contributed by atoms with Gasteiger partial charge in [0, 0.05) is 31.7 Å². The zero-order chi connectivity index (χ0) is 18.6. The monoisotopic (exact) mass is 474 g/mol. The maximum atomic E-state index is 5.78. The van der Waals surface area contributed by atoms with Crippen LogP contribution in [0.2, 0.25) is 0 Å². The predicted octanol–water partition coefficient (Wildman–Crippen LogP) is 2.85. The zero-order valence-electron chi connectivity index (χ0n) is 16.8. The summed E-state index contributed by atoms with van der Waals surface area (Å²) in [6, 6.07) is 0. The number of aryl methyl sites for hydroxylation is 2. The van der Waals surface area contributed by atoms with E-state index in [0.29, 0.717) is 12.4 Å². The summed E-state index contributed by atoms with van der Waals surface area (Å²) in [5.74, 6) is 2.27. The van der Waals surface area contributed by atoms with Crippen LogP contribution in [0, 0.1) is 13.8 Å². The van der Waals surface area contributed by atoms with Crippen LogP contribution in [-0.4, -0.2) is 34.3 Å². The molecule has 26 heavy (non-hydrogen) atoms. The first-order chi connectivity index (χ1) is 11.7. The Labute approximate surface area is 173 Å². The molecule has 0 radical (unpaired) electrons. The molecule has 7 nitrogen and oxygen atoms in total. The lowest BCUT2D eigenvalue weighted by Crippen LogP contribution is -2.38. The lowest BCUT2D eigenvalue weighted by atomic mass is 9.94. The second-order valence-electron chi connectivity index (χ2n) is 7.24. The smallest absolute Gasteiger partial charge is 0.213 e. The molecule has 0 saturated heterocycles. The van der Waals surface area contributed by atoms with E-state index in [-0.39, 0.29) is 29.4 Å². The maximum absolute atomic E-state index is 5.78. The van der Waals surface area contributed by atoms with E-state index in [1.165, 1.54) is 11.3 Å². The molecule has 0 aromatic carbocycles. The van der Waals surface area contributed by atoms with Gasteiger partial charge < -0.3 is 15.1 Å². The maximum Gasteiger partial charge on any atom is 0.213 e. The van der Waals surface area contributed by atoms with Gasteiger partial charge in [0.05, 0.1) is 18.4 Å². The molecule has 0 aliphatic heterocycles. The Morgan fingerprint density at radius 1 is 1.27 bits per heavy atom. The average Bonchev–Trinajstić information content (AvgIpc) is 3.10. The van der Waals surface area contributed by atoms with E-state index in [2.05, 4.69) is 53.4 Å². The molecule has 0 spiro atoms. The van der Waals surface area contributed by atoms with Crippen molar-refractivity contribution in [2.24, 2.45) is 12.0 Å². The van der Waals surface area contributed by atoms with Gasteiger partial charge in [0.25, 0.3) is 0 Å². The molecule has 0 aliphatic carbocycles. The number of hydrogen-bond donors (Lipinski definition) is 2. The lowest BCUT2D eigenvalue weighted by Gasteiger charge is -2.13. The van der Waals surface area contributed by atoms with Crippen LogP contribution in [0.4, 0.5) is 0 Å². The molecule has 2 aromatic heterocycles. The molecule has 2 aromatic rings. The van der Waals surface area contributed by atoms with Crippen molar-refractivity contribution in [2.45, 2.75) is 53.0 Å². The number of oxazole rings is 1. The average molecular weight is 474 g/mol. The predicted molar refractivity (Wildman–Crippen MR) is 115 cm³/mol. The summed E-state index contributed by atoms with van der Waals surface area (Å²) < 4.78 is 7.71. The molecule has 2 N–H and O–H groups in total. The fourth-order valence-electron chi connectivity index (χ4n) is 2.60. The molecule has 8 heteroatoms. The van der Waals surface area contributed by atoms with Crippen LogP contribution in [-0.2, 0) is 25.4 Å². The molecule has 0 atom stereocenters. The Hall–Kier alpha value is -1.58. The van der Waals surface area contributed by atoms with Crippen molar-refractivity contribution in [2.75, 3.05) is 13.6 Å². The quantitative estimate of drug-likeness (QED) is 0.396. The number of aromatic nitrogens is 3. The minimum Gasteiger partial charge on any atom is -0.443 e. The fourth-order valence-corrected chi connectivity index (χ4v) is 2.60. The van der Waals surface area contributed by atoms with Crippen molar-refractivity contribution >= 4 is 29.9 Å². The van der Waals surface area contributed by atoms with Crippen LogP contribution < -0.4 is 10.6 Å². The molecule has 0 fully saturated rings. The molecule has 0 bridgehead atoms. The first kappa shape index (κ1) is 22.5. The van der Waals surface area contributed by atoms with Crippen LogP contribution in [0.1, 0.15) is 49.4 Å². The van der Waals surface area contributed by atoms with Gasteiger partial charge in [-0.2, -0.15) is 5.10 Å². The van der Waals surface area contributed by atoms with Crippen LogP contribution in [0.25, 0.3) is 0 Å². The summed E-state index contributed by atoms with van der Waals surface area (Å²) >= 11 is 0. The van der Waals surface area contributed by atoms with E-state index in [9.17, 15) is 0 Å². The molecule has 2 heterocycles. The number of guanidine groups is 1. The number of rotatable bonds is 5. The summed E-state index contributed by atoms with van der Waals surface area (Å²) in [6.45, 7) is 11.7. The third kappa shape index (κ3) is 5.72. The molecular weight excluding hydrogens is 443 g/mol. The second kappa shape index (κ2) is 9.38. The number of halogens is 1. The Balaban J connectivity index is 0.00000338. The Bertz CT molecular complexity index is 741. The number of hydrogen-bond acceptors (Lipinski definition) is 4. The standard InChI is InChI=1S/C18H30N6O.HI/c1-12-14(13(2)24(7)23-12)8-9-20-17(19-6)22-11-16-21-10-15(25-16)18(3,4)5;/h10H,8-9,11H2,1-7H3,(H2,19,20,22);1H. The van der Waals surface area contributed by atoms with Crippen LogP contribution in [0.5, 0.6) is 0 Å². The van der Waals surface area contributed by atoms with Crippen molar-refractivity contribution < 1.29 is 4.42 Å². The third-order valence-corrected chi connectivity index (χ3v) is 4.25. The van der Waals surface area contributed by atoms with Crippen molar-refractivity contribution in [1.82, 2.24) is 25.4 Å². The van der Waals surface area contributed by atoms with Gasteiger partial charge in [0.2, 0.25) is 5.89 Å². The summed E-state index contributed by atoms with van der Waals surface area (Å²) in [7, 11) is 3.73. The highest BCUT2D eigenvalue weighted by Gasteiger charge is 2.19. The molecule has 146 valence electrons. The minimum absolute atomic E-state index is 0. The van der Waals surface area contributed by atoms with E-state index in [1.54, 1.807) is 13.2 Å². The molecule has 0 unspecified atom stereocenters. The Morgan fingerprint density at radius 2 is 1.96 bits per heavy atom. The SMILES string of the molecule is CN=C(NCCc1c(C)nn(C)c1C)NCc1ncc(C(C)(C)C)o1.I. The number of nitrogens with zero attached hydrogens (tertiary/aromatic N) is 4. The molecule has 0 aliphatic rings. The molecule has 0 saturated carbocycles. The van der Waals surface area contributed by atoms with Gasteiger partial charge in [-0.3, -0.25) is 9.67 Å². The zero-order valence-corrected chi connectivity index (χ0v) is 19.1. The highest BCUT2D eigenvalue weighted by molar-refractivity contribution is 14.0. The van der Waals surface area contributed by atoms with Crippen LogP contribution in [0.15, 0.2) is 15.6 Å². The van der Waals surface area contributed by atoms with Crippen molar-refractivity contribution in [3.8, 4) is 0 Å². The highest BCUT2D eigenvalue weighted by Crippen LogP contribution is 2.22. The van der Waals surface area contributed by atoms with Crippen molar-refractivity contribution in [1.29, 1.82) is 0 Å². The van der Waals surface area contributed by atoms with Gasteiger partial charge in [-0.15, -0.1) is 24.0 Å². The van der Waals surface area contributed by atoms with Crippen molar-refractivity contribution in [3.63, 3.8) is 0 Å². The van der Waals surface area contributed by atoms with Gasteiger partial charge in [0.1, 0.15) is 5.76 Å². The summed E-state index contributed by atoms with van der Waals surface area (Å²) in [5.41, 5.74) is 3.54. The fraction of sp³-hybridized carbons (Fsp3) is 0.611. The van der Waals surface area contributed by atoms with Gasteiger partial charge in [0.15, 0.2) is 5.96 Å². The lowest BCUT2D eigenvalue weighted by molar-refractivity contribution is 0.379. The van der Waals surface area contributed by atoms with Crippen molar-refractivity contribution in [3.05, 3.63) is 34.8 Å². The Morgan fingerprint density at radius 3 is 2.46 bits per heavy atom. The van der Waals surface area contributed by atoms with Crippen LogP contribution >= 0.6 is 24.0 Å². The first-order valence-electron chi connectivity index (χ1n) is 8.61. The third-order valence-electron chi connectivity index (χ3n) is 4.25. The summed E-state index contributed by atoms with van der Waals surface area (Å²) in [6.07, 6.45) is 2.69. The molecule has 2 rings (SSSR count). The first-order valence-corrected chi connectivity index (χ1v) is 8.61. The second-order valence-corrected chi connectivity index (χ2v) is 7.24. The topological polar surface area (TPSA) is 80.3 Å².